The van der Waals surface area contributed by atoms with E-state index in [1.54, 1.807) is 32.9 Å². The van der Waals surface area contributed by atoms with Gasteiger partial charge in [-0.1, -0.05) is 13.0 Å². The number of rotatable bonds is 11. The van der Waals surface area contributed by atoms with E-state index in [0.29, 0.717) is 33.4 Å². The summed E-state index contributed by atoms with van der Waals surface area (Å²) in [5, 5.41) is 26.7. The first-order valence-corrected chi connectivity index (χ1v) is 15.2. The van der Waals surface area contributed by atoms with E-state index in [1.807, 2.05) is 0 Å². The molecule has 13 nitrogen and oxygen atoms in total. The van der Waals surface area contributed by atoms with Crippen LogP contribution in [-0.4, -0.2) is 51.5 Å². The number of non-ortho nitro benzene ring substituents is 1. The quantitative estimate of drug-likeness (QED) is 0.0868. The van der Waals surface area contributed by atoms with Crippen molar-refractivity contribution in [2.24, 2.45) is 0 Å². The van der Waals surface area contributed by atoms with Crippen LogP contribution in [0.1, 0.15) is 49.4 Å². The van der Waals surface area contributed by atoms with Crippen LogP contribution in [0, 0.1) is 10.1 Å². The van der Waals surface area contributed by atoms with Gasteiger partial charge >= 0.3 is 13.6 Å². The molecule has 14 heteroatoms. The number of cyclic esters (lactones) is 1. The average molecular weight is 587 g/mol. The fourth-order valence-electron chi connectivity index (χ4n) is 5.54. The predicted octanol–water partition coefficient (Wildman–Crippen LogP) is 3.34. The summed E-state index contributed by atoms with van der Waals surface area (Å²) in [5.74, 6) is -0.821. The Bertz CT molecular complexity index is 1660. The molecule has 5 rings (SSSR count). The van der Waals surface area contributed by atoms with Crippen LogP contribution in [-0.2, 0) is 48.4 Å². The summed E-state index contributed by atoms with van der Waals surface area (Å²) in [5.41, 5.74) is 0.189. The Morgan fingerprint density at radius 2 is 1.95 bits per heavy atom. The van der Waals surface area contributed by atoms with Gasteiger partial charge in [-0.3, -0.25) is 19.5 Å². The molecule has 2 N–H and O–H groups in total. The number of hydrogen-bond donors (Lipinski definition) is 2. The Morgan fingerprint density at radius 3 is 2.61 bits per heavy atom. The Hall–Kier alpha value is -3.48. The van der Waals surface area contributed by atoms with Crippen LogP contribution in [0.5, 0.6) is 0 Å². The number of hydrogen-bond acceptors (Lipinski definition) is 11. The Labute approximate surface area is 235 Å². The number of nitro groups is 1. The molecule has 0 saturated carbocycles. The van der Waals surface area contributed by atoms with Crippen molar-refractivity contribution in [1.29, 1.82) is 0 Å². The molecule has 2 aliphatic rings. The maximum atomic E-state index is 13.6. The molecule has 0 fully saturated rings. The number of carbonyl (C=O) groups excluding carboxylic acids is 1. The molecular formula is C27H31N4O9P. The van der Waals surface area contributed by atoms with Crippen LogP contribution in [0.2, 0.25) is 0 Å². The number of esters is 1. The fraction of sp³-hybridized carbons (Fsp3) is 0.444. The molecule has 0 saturated heterocycles. The molecular weight excluding hydrogens is 555 g/mol. The van der Waals surface area contributed by atoms with Crippen LogP contribution >= 0.6 is 7.60 Å². The number of benzene rings is 1. The minimum absolute atomic E-state index is 0.00838. The topological polar surface area (TPSA) is 172 Å². The van der Waals surface area contributed by atoms with Crippen molar-refractivity contribution in [2.75, 3.05) is 25.9 Å². The predicted molar refractivity (Wildman–Crippen MR) is 149 cm³/mol. The average Bonchev–Trinajstić information content (AvgIpc) is 3.31. The summed E-state index contributed by atoms with van der Waals surface area (Å²) in [6.07, 6.45) is 0.104. The minimum Gasteiger partial charge on any atom is -0.458 e. The van der Waals surface area contributed by atoms with Gasteiger partial charge < -0.3 is 28.8 Å². The van der Waals surface area contributed by atoms with Gasteiger partial charge in [-0.15, -0.1) is 0 Å². The van der Waals surface area contributed by atoms with Gasteiger partial charge in [0, 0.05) is 30.3 Å². The van der Waals surface area contributed by atoms with Crippen molar-refractivity contribution in [1.82, 2.24) is 14.9 Å². The molecule has 3 aromatic rings. The van der Waals surface area contributed by atoms with Gasteiger partial charge in [-0.05, 0) is 38.0 Å². The van der Waals surface area contributed by atoms with Gasteiger partial charge in [0.2, 0.25) is 0 Å². The Morgan fingerprint density at radius 1 is 1.22 bits per heavy atom. The molecule has 0 spiro atoms. The summed E-state index contributed by atoms with van der Waals surface area (Å²) < 4.78 is 30.2. The lowest BCUT2D eigenvalue weighted by atomic mass is 9.86. The lowest BCUT2D eigenvalue weighted by Crippen LogP contribution is -2.44. The summed E-state index contributed by atoms with van der Waals surface area (Å²) in [7, 11) is -3.31. The fourth-order valence-corrected chi connectivity index (χ4v) is 7.09. The zero-order chi connectivity index (χ0) is 29.5. The number of pyridine rings is 2. The van der Waals surface area contributed by atoms with Gasteiger partial charge in [-0.2, -0.15) is 0 Å². The molecule has 0 radical (unpaired) electrons. The SMILES string of the molecule is CCOP(=O)(CCNCc1c2c(nc3cccc([N+](=O)[O-])c13)-c1cc3c(c(=O)n1C2)COC(=O)[C@]3(O)CC)OCC. The molecule has 0 aliphatic carbocycles. The van der Waals surface area contributed by atoms with E-state index in [9.17, 15) is 29.4 Å². The third kappa shape index (κ3) is 4.87. The molecule has 2 aliphatic heterocycles. The van der Waals surface area contributed by atoms with E-state index < -0.39 is 29.6 Å². The number of aliphatic hydroxyl groups is 1. The smallest absolute Gasteiger partial charge is 0.343 e. The van der Waals surface area contributed by atoms with Crippen molar-refractivity contribution < 1.29 is 33.2 Å². The monoisotopic (exact) mass is 586 g/mol. The first kappa shape index (κ1) is 29.0. The van der Waals surface area contributed by atoms with Gasteiger partial charge in [-0.25, -0.2) is 9.78 Å². The lowest BCUT2D eigenvalue weighted by Gasteiger charge is -2.31. The van der Waals surface area contributed by atoms with Gasteiger partial charge in [0.05, 0.1) is 58.7 Å². The highest BCUT2D eigenvalue weighted by Crippen LogP contribution is 2.47. The highest BCUT2D eigenvalue weighted by molar-refractivity contribution is 7.53. The number of aromatic nitrogens is 2. The number of fused-ring (bicyclic) bond motifs is 5. The second-order valence-corrected chi connectivity index (χ2v) is 12.0. The molecule has 1 atom stereocenters. The van der Waals surface area contributed by atoms with Crippen molar-refractivity contribution in [3.05, 3.63) is 67.0 Å². The minimum atomic E-state index is -3.31. The van der Waals surface area contributed by atoms with Crippen LogP contribution < -0.4 is 10.9 Å². The van der Waals surface area contributed by atoms with Crippen LogP contribution in [0.3, 0.4) is 0 Å². The van der Waals surface area contributed by atoms with E-state index in [1.165, 1.54) is 16.7 Å². The molecule has 0 unspecified atom stereocenters. The van der Waals surface area contributed by atoms with Crippen LogP contribution in [0.15, 0.2) is 29.1 Å². The number of nitrogens with one attached hydrogen (secondary N) is 1. The second kappa shape index (κ2) is 11.1. The van der Waals surface area contributed by atoms with Gasteiger partial charge in [0.25, 0.3) is 11.2 Å². The highest BCUT2D eigenvalue weighted by Gasteiger charge is 2.45. The standard InChI is InChI=1S/C27H31N4O9P/c1-4-27(34)19-12-22-24-17(14-30(22)25(32)18(19)15-38-26(27)33)16(13-28-10-11-41(37,39-5-2)40-6-3)23-20(29-24)8-7-9-21(23)31(35)36/h7-9,12,28,34H,4-6,10-11,13-15H2,1-3H3/t27-/m0/s1. The van der Waals surface area contributed by atoms with Gasteiger partial charge in [0.15, 0.2) is 5.60 Å². The number of nitro benzene ring substituents is 1. The maximum Gasteiger partial charge on any atom is 0.343 e. The van der Waals surface area contributed by atoms with E-state index in [-0.39, 0.29) is 68.9 Å². The number of carbonyl (C=O) groups is 1. The summed E-state index contributed by atoms with van der Waals surface area (Å²) in [6, 6.07) is 6.19. The molecule has 1 aromatic carbocycles. The van der Waals surface area contributed by atoms with Crippen LogP contribution in [0.25, 0.3) is 22.3 Å². The summed E-state index contributed by atoms with van der Waals surface area (Å²) >= 11 is 0. The Kier molecular flexibility index (Phi) is 7.84. The molecule has 4 heterocycles. The van der Waals surface area contributed by atoms with E-state index >= 15 is 0 Å². The van der Waals surface area contributed by atoms with Crippen molar-refractivity contribution in [3.8, 4) is 11.4 Å². The summed E-state index contributed by atoms with van der Waals surface area (Å²) in [6.45, 7) is 5.74. The number of ether oxygens (including phenoxy) is 1. The summed E-state index contributed by atoms with van der Waals surface area (Å²) in [4.78, 5) is 42.4. The highest BCUT2D eigenvalue weighted by atomic mass is 31.2. The zero-order valence-electron chi connectivity index (χ0n) is 23.0. The largest absolute Gasteiger partial charge is 0.458 e. The van der Waals surface area contributed by atoms with Crippen molar-refractivity contribution in [2.45, 2.75) is 52.5 Å². The third-order valence-electron chi connectivity index (χ3n) is 7.52. The maximum absolute atomic E-state index is 13.6. The van der Waals surface area contributed by atoms with Gasteiger partial charge in [0.1, 0.15) is 6.61 Å². The molecule has 0 amide bonds. The Balaban J connectivity index is 1.62. The van der Waals surface area contributed by atoms with Crippen LogP contribution in [0.4, 0.5) is 5.69 Å². The molecule has 218 valence electrons. The van der Waals surface area contributed by atoms with Crippen molar-refractivity contribution >= 4 is 30.2 Å². The molecule has 2 aromatic heterocycles. The third-order valence-corrected chi connectivity index (χ3v) is 9.59. The normalized spacial score (nSPS) is 17.7. The van der Waals surface area contributed by atoms with E-state index in [4.69, 9.17) is 18.8 Å². The lowest BCUT2D eigenvalue weighted by molar-refractivity contribution is -0.383. The first-order chi connectivity index (χ1) is 19.6. The van der Waals surface area contributed by atoms with E-state index in [2.05, 4.69) is 5.32 Å². The first-order valence-electron chi connectivity index (χ1n) is 13.4. The molecule has 41 heavy (non-hydrogen) atoms. The zero-order valence-corrected chi connectivity index (χ0v) is 23.9. The van der Waals surface area contributed by atoms with E-state index in [0.717, 1.165) is 0 Å². The van der Waals surface area contributed by atoms with Crippen molar-refractivity contribution in [3.63, 3.8) is 0 Å². The second-order valence-electron chi connectivity index (χ2n) is 9.80. The number of nitrogens with zero attached hydrogens (tertiary/aromatic N) is 3. The molecule has 0 bridgehead atoms.